The van der Waals surface area contributed by atoms with Gasteiger partial charge in [0.2, 0.25) is 0 Å². The van der Waals surface area contributed by atoms with E-state index in [2.05, 4.69) is 0 Å². The number of hydrogen-bond acceptors (Lipinski definition) is 4. The van der Waals surface area contributed by atoms with E-state index in [0.717, 1.165) is 9.24 Å². The van der Waals surface area contributed by atoms with Gasteiger partial charge in [-0.2, -0.15) is 8.42 Å². The summed E-state index contributed by atoms with van der Waals surface area (Å²) in [5.41, 5.74) is 0. The third-order valence-electron chi connectivity index (χ3n) is 2.84. The Hall–Kier alpha value is -1.04. The lowest BCUT2D eigenvalue weighted by Gasteiger charge is -2.17. The number of benzene rings is 1. The molecule has 0 aliphatic rings. The molecule has 3 rings (SSSR count). The summed E-state index contributed by atoms with van der Waals surface area (Å²) in [6.07, 6.45) is 0. The summed E-state index contributed by atoms with van der Waals surface area (Å²) in [7, 11) is -5.19. The molecule has 2 heterocycles. The molecule has 7 heteroatoms. The molecule has 0 unspecified atom stereocenters. The van der Waals surface area contributed by atoms with Crippen LogP contribution in [0.3, 0.4) is 0 Å². The van der Waals surface area contributed by atoms with Crippen LogP contribution in [0.25, 0.3) is 0 Å². The fourth-order valence-corrected chi connectivity index (χ4v) is 8.36. The first-order chi connectivity index (χ1) is 10.1. The van der Waals surface area contributed by atoms with E-state index in [4.69, 9.17) is 0 Å². The van der Waals surface area contributed by atoms with Crippen LogP contribution in [0.1, 0.15) is 0 Å². The lowest BCUT2D eigenvalue weighted by molar-refractivity contribution is 0.484. The highest BCUT2D eigenvalue weighted by Crippen LogP contribution is 2.38. The molecule has 0 fully saturated rings. The molecule has 0 aliphatic carbocycles. The van der Waals surface area contributed by atoms with Crippen LogP contribution in [0.5, 0.6) is 0 Å². The highest BCUT2D eigenvalue weighted by atomic mass is 32.2. The average Bonchev–Trinajstić information content (AvgIpc) is 3.12. The van der Waals surface area contributed by atoms with E-state index in [1.54, 1.807) is 40.9 Å². The van der Waals surface area contributed by atoms with E-state index in [1.807, 2.05) is 35.0 Å². The number of thiophene rings is 2. The minimum Gasteiger partial charge on any atom is -0.282 e. The van der Waals surface area contributed by atoms with E-state index in [1.165, 1.54) is 6.07 Å². The average molecular weight is 354 g/mol. The van der Waals surface area contributed by atoms with Gasteiger partial charge >= 0.3 is 0 Å². The molecule has 21 heavy (non-hydrogen) atoms. The first kappa shape index (κ1) is 14.9. The summed E-state index contributed by atoms with van der Waals surface area (Å²) in [5.74, 6) is 0. The molecule has 0 saturated carbocycles. The molecule has 1 aromatic carbocycles. The second kappa shape index (κ2) is 5.99. The van der Waals surface area contributed by atoms with E-state index in [9.17, 15) is 13.0 Å². The van der Waals surface area contributed by atoms with E-state index in [-0.39, 0.29) is 4.90 Å². The van der Waals surface area contributed by atoms with Crippen molar-refractivity contribution in [1.82, 2.24) is 0 Å². The maximum atomic E-state index is 11.7. The van der Waals surface area contributed by atoms with Crippen LogP contribution in [0, 0.1) is 0 Å². The van der Waals surface area contributed by atoms with Crippen molar-refractivity contribution in [2.75, 3.05) is 0 Å². The Morgan fingerprint density at radius 2 is 1.43 bits per heavy atom. The van der Waals surface area contributed by atoms with Crippen molar-refractivity contribution in [1.29, 1.82) is 0 Å². The second-order valence-electron chi connectivity index (χ2n) is 4.18. The summed E-state index contributed by atoms with van der Waals surface area (Å²) < 4.78 is 35.1. The fraction of sp³-hybridized carbons (Fsp3) is 0. The van der Waals surface area contributed by atoms with Crippen molar-refractivity contribution >= 4 is 55.3 Å². The quantitative estimate of drug-likeness (QED) is 0.579. The lowest BCUT2D eigenvalue weighted by atomic mass is 10.4. The van der Waals surface area contributed by atoms with Gasteiger partial charge in [0, 0.05) is 22.5 Å². The van der Waals surface area contributed by atoms with Crippen molar-refractivity contribution in [2.24, 2.45) is 0 Å². The molecule has 2 aromatic heterocycles. The smallest absolute Gasteiger partial charge is 0.282 e. The summed E-state index contributed by atoms with van der Waals surface area (Å²) in [4.78, 5) is -0.00193. The first-order valence-corrected chi connectivity index (χ1v) is 10.5. The number of hydrogen-bond donors (Lipinski definition) is 1. The van der Waals surface area contributed by atoms with Crippen molar-refractivity contribution in [2.45, 2.75) is 4.90 Å². The molecule has 3 aromatic rings. The lowest BCUT2D eigenvalue weighted by Crippen LogP contribution is -2.22. The summed E-state index contributed by atoms with van der Waals surface area (Å²) in [6, 6.07) is 14.6. The van der Waals surface area contributed by atoms with E-state index < -0.39 is 18.0 Å². The Labute approximate surface area is 132 Å². The highest BCUT2D eigenvalue weighted by Gasteiger charge is 2.25. The maximum Gasteiger partial charge on any atom is 0.295 e. The van der Waals surface area contributed by atoms with Crippen molar-refractivity contribution in [3.05, 3.63) is 59.3 Å². The molecule has 108 valence electrons. The zero-order valence-corrected chi connectivity index (χ0v) is 14.1. The van der Waals surface area contributed by atoms with Crippen LogP contribution < -0.4 is 14.5 Å². The molecule has 0 radical (unpaired) electrons. The molecule has 1 N–H and O–H groups in total. The Bertz CT molecular complexity index is 790. The molecule has 0 amide bonds. The summed E-state index contributed by atoms with van der Waals surface area (Å²) >= 11 is 3.20. The second-order valence-corrected chi connectivity index (χ2v) is 10.2. The minimum absolute atomic E-state index is 0.00193. The SMILES string of the molecule is O=S(=O)(O)c1ccccc1P(c1cccs1)c1cccs1. The minimum atomic E-state index is -4.24. The zero-order valence-electron chi connectivity index (χ0n) is 10.7. The van der Waals surface area contributed by atoms with E-state index in [0.29, 0.717) is 5.30 Å². The summed E-state index contributed by atoms with van der Waals surface area (Å²) in [5, 5.41) is 4.63. The molecule has 0 saturated heterocycles. The van der Waals surface area contributed by atoms with Crippen LogP contribution in [0.2, 0.25) is 0 Å². The monoisotopic (exact) mass is 354 g/mol. The predicted octanol–water partition coefficient (Wildman–Crippen LogP) is 2.81. The Kier molecular flexibility index (Phi) is 4.24. The molecule has 0 atom stereocenters. The Morgan fingerprint density at radius 1 is 0.857 bits per heavy atom. The van der Waals surface area contributed by atoms with Gasteiger partial charge in [0.15, 0.2) is 0 Å². The van der Waals surface area contributed by atoms with Gasteiger partial charge in [-0.05, 0) is 29.0 Å². The first-order valence-electron chi connectivity index (χ1n) is 6.01. The normalized spacial score (nSPS) is 11.9. The van der Waals surface area contributed by atoms with Gasteiger partial charge in [0.1, 0.15) is 4.90 Å². The van der Waals surface area contributed by atoms with Gasteiger partial charge < -0.3 is 0 Å². The zero-order chi connectivity index (χ0) is 14.9. The van der Waals surface area contributed by atoms with Crippen LogP contribution >= 0.6 is 30.6 Å². The van der Waals surface area contributed by atoms with Gasteiger partial charge in [-0.3, -0.25) is 4.55 Å². The Morgan fingerprint density at radius 3 is 1.90 bits per heavy atom. The van der Waals surface area contributed by atoms with Gasteiger partial charge in [-0.1, -0.05) is 30.3 Å². The van der Waals surface area contributed by atoms with Gasteiger partial charge in [0.05, 0.1) is 0 Å². The predicted molar refractivity (Wildman–Crippen MR) is 90.7 cm³/mol. The largest absolute Gasteiger partial charge is 0.295 e. The molecular weight excluding hydrogens is 343 g/mol. The van der Waals surface area contributed by atoms with Crippen molar-refractivity contribution in [3.63, 3.8) is 0 Å². The van der Waals surface area contributed by atoms with Crippen molar-refractivity contribution < 1.29 is 13.0 Å². The molecule has 0 bridgehead atoms. The van der Waals surface area contributed by atoms with E-state index >= 15 is 0 Å². The highest BCUT2D eigenvalue weighted by molar-refractivity contribution is 7.90. The Balaban J connectivity index is 2.24. The molecule has 0 spiro atoms. The van der Waals surface area contributed by atoms with Gasteiger partial charge in [0.25, 0.3) is 10.1 Å². The van der Waals surface area contributed by atoms with Crippen LogP contribution in [0.15, 0.2) is 64.2 Å². The standard InChI is InChI=1S/C14H11O3PS3/c15-21(16,17)12-6-2-1-5-11(12)18(13-7-3-9-19-13)14-8-4-10-20-14/h1-10H,(H,15,16,17). The molecule has 3 nitrogen and oxygen atoms in total. The van der Waals surface area contributed by atoms with Crippen LogP contribution in [-0.2, 0) is 10.1 Å². The van der Waals surface area contributed by atoms with Crippen LogP contribution in [-0.4, -0.2) is 13.0 Å². The third kappa shape index (κ3) is 3.10. The number of rotatable bonds is 4. The third-order valence-corrected chi connectivity index (χ3v) is 9.02. The fourth-order valence-electron chi connectivity index (χ4n) is 2.00. The topological polar surface area (TPSA) is 54.4 Å². The molecule has 0 aliphatic heterocycles. The molecular formula is C14H11O3PS3. The van der Waals surface area contributed by atoms with Crippen LogP contribution in [0.4, 0.5) is 0 Å². The van der Waals surface area contributed by atoms with Crippen molar-refractivity contribution in [3.8, 4) is 0 Å². The van der Waals surface area contributed by atoms with Gasteiger partial charge in [-0.15, -0.1) is 22.7 Å². The van der Waals surface area contributed by atoms with Gasteiger partial charge in [-0.25, -0.2) is 0 Å². The summed E-state index contributed by atoms with van der Waals surface area (Å²) in [6.45, 7) is 0. The maximum absolute atomic E-state index is 11.7.